The molecule has 0 bridgehead atoms. The van der Waals surface area contributed by atoms with Gasteiger partial charge >= 0.3 is 0 Å². The molecule has 1 heterocycles. The number of Topliss-reactive ketones (excluding diaryl/α,β-unsaturated/α-hetero) is 1. The van der Waals surface area contributed by atoms with Crippen LogP contribution < -0.4 is 0 Å². The molecule has 0 spiro atoms. The summed E-state index contributed by atoms with van der Waals surface area (Å²) < 4.78 is 12.6. The number of benzene rings is 1. The van der Waals surface area contributed by atoms with E-state index in [1.165, 1.54) is 24.5 Å². The molecule has 0 amide bonds. The average Bonchev–Trinajstić information content (AvgIpc) is 2.33. The minimum absolute atomic E-state index is 0.0542. The molecule has 4 heteroatoms. The maximum Gasteiger partial charge on any atom is 0.168 e. The fourth-order valence-electron chi connectivity index (χ4n) is 1.35. The van der Waals surface area contributed by atoms with E-state index in [0.29, 0.717) is 5.56 Å². The molecule has 3 nitrogen and oxygen atoms in total. The van der Waals surface area contributed by atoms with Crippen molar-refractivity contribution in [1.29, 1.82) is 0 Å². The molecular formula is C12H9FN2O. The van der Waals surface area contributed by atoms with Gasteiger partial charge in [-0.1, -0.05) is 12.1 Å². The van der Waals surface area contributed by atoms with Gasteiger partial charge in [0.05, 0.1) is 12.4 Å². The van der Waals surface area contributed by atoms with E-state index >= 15 is 0 Å². The first-order valence-electron chi connectivity index (χ1n) is 4.80. The Morgan fingerprint density at radius 1 is 1.12 bits per heavy atom. The minimum Gasteiger partial charge on any atom is -0.294 e. The van der Waals surface area contributed by atoms with Crippen LogP contribution in [0.25, 0.3) is 0 Å². The van der Waals surface area contributed by atoms with E-state index in [1.54, 1.807) is 18.2 Å². The van der Waals surface area contributed by atoms with Gasteiger partial charge in [0.15, 0.2) is 5.78 Å². The van der Waals surface area contributed by atoms with Crippen molar-refractivity contribution in [3.63, 3.8) is 0 Å². The van der Waals surface area contributed by atoms with E-state index < -0.39 is 0 Å². The van der Waals surface area contributed by atoms with E-state index in [1.807, 2.05) is 0 Å². The summed E-state index contributed by atoms with van der Waals surface area (Å²) in [4.78, 5) is 11.7. The third-order valence-corrected chi connectivity index (χ3v) is 2.18. The van der Waals surface area contributed by atoms with Gasteiger partial charge in [0, 0.05) is 12.0 Å². The molecular weight excluding hydrogens is 207 g/mol. The summed E-state index contributed by atoms with van der Waals surface area (Å²) in [7, 11) is 0. The van der Waals surface area contributed by atoms with Crippen LogP contribution in [-0.2, 0) is 6.42 Å². The fourth-order valence-corrected chi connectivity index (χ4v) is 1.35. The lowest BCUT2D eigenvalue weighted by Gasteiger charge is -2.00. The number of aromatic nitrogens is 2. The van der Waals surface area contributed by atoms with Crippen LogP contribution in [0.4, 0.5) is 4.39 Å². The molecule has 2 rings (SSSR count). The molecule has 0 unspecified atom stereocenters. The zero-order valence-corrected chi connectivity index (χ0v) is 8.43. The van der Waals surface area contributed by atoms with Crippen molar-refractivity contribution in [3.8, 4) is 0 Å². The van der Waals surface area contributed by atoms with E-state index in [-0.39, 0.29) is 18.0 Å². The largest absolute Gasteiger partial charge is 0.294 e. The Kier molecular flexibility index (Phi) is 3.00. The Hall–Kier alpha value is -2.10. The van der Waals surface area contributed by atoms with Crippen LogP contribution in [0.5, 0.6) is 0 Å². The first-order valence-corrected chi connectivity index (χ1v) is 4.80. The zero-order valence-electron chi connectivity index (χ0n) is 8.43. The van der Waals surface area contributed by atoms with Crippen LogP contribution in [0.3, 0.4) is 0 Å². The number of nitrogens with zero attached hydrogens (tertiary/aromatic N) is 2. The number of ketones is 1. The second kappa shape index (κ2) is 4.61. The van der Waals surface area contributed by atoms with E-state index in [4.69, 9.17) is 0 Å². The van der Waals surface area contributed by atoms with Gasteiger partial charge in [0.1, 0.15) is 5.82 Å². The van der Waals surface area contributed by atoms with Crippen LogP contribution in [0.2, 0.25) is 0 Å². The summed E-state index contributed by atoms with van der Waals surface area (Å²) in [6.07, 6.45) is 3.13. The summed E-state index contributed by atoms with van der Waals surface area (Å²) in [6.45, 7) is 0. The highest BCUT2D eigenvalue weighted by atomic mass is 19.1. The van der Waals surface area contributed by atoms with Crippen molar-refractivity contribution in [3.05, 3.63) is 59.7 Å². The molecule has 0 saturated carbocycles. The quantitative estimate of drug-likeness (QED) is 0.737. The SMILES string of the molecule is O=C(Cc1ccc(F)cc1)c1ccnnc1. The van der Waals surface area contributed by atoms with Crippen LogP contribution in [0.15, 0.2) is 42.7 Å². The third-order valence-electron chi connectivity index (χ3n) is 2.18. The Balaban J connectivity index is 2.11. The molecule has 0 aliphatic carbocycles. The maximum absolute atomic E-state index is 12.6. The summed E-state index contributed by atoms with van der Waals surface area (Å²) >= 11 is 0. The topological polar surface area (TPSA) is 42.9 Å². The summed E-state index contributed by atoms with van der Waals surface area (Å²) in [6, 6.07) is 7.49. The lowest BCUT2D eigenvalue weighted by atomic mass is 10.1. The first-order chi connectivity index (χ1) is 7.75. The van der Waals surface area contributed by atoms with E-state index in [2.05, 4.69) is 10.2 Å². The molecule has 1 aromatic heterocycles. The lowest BCUT2D eigenvalue weighted by molar-refractivity contribution is 0.0992. The molecule has 2 aromatic rings. The number of halogens is 1. The van der Waals surface area contributed by atoms with Crippen molar-refractivity contribution in [2.45, 2.75) is 6.42 Å². The van der Waals surface area contributed by atoms with Gasteiger partial charge in [-0.3, -0.25) is 4.79 Å². The molecule has 0 aliphatic heterocycles. The van der Waals surface area contributed by atoms with Crippen molar-refractivity contribution in [2.24, 2.45) is 0 Å². The zero-order chi connectivity index (χ0) is 11.4. The summed E-state index contributed by atoms with van der Waals surface area (Å²) in [5, 5.41) is 7.23. The highest BCUT2D eigenvalue weighted by Crippen LogP contribution is 2.07. The average molecular weight is 216 g/mol. The Bertz CT molecular complexity index is 482. The van der Waals surface area contributed by atoms with Crippen LogP contribution in [-0.4, -0.2) is 16.0 Å². The third kappa shape index (κ3) is 2.48. The second-order valence-electron chi connectivity index (χ2n) is 3.36. The molecule has 0 N–H and O–H groups in total. The summed E-state index contributed by atoms with van der Waals surface area (Å²) in [5.74, 6) is -0.358. The standard InChI is InChI=1S/C12H9FN2O/c13-11-3-1-9(2-4-11)7-12(16)10-5-6-14-15-8-10/h1-6,8H,7H2. The fraction of sp³-hybridized carbons (Fsp3) is 0.0833. The first kappa shape index (κ1) is 10.4. The summed E-state index contributed by atoms with van der Waals surface area (Å²) in [5.41, 5.74) is 1.29. The van der Waals surface area contributed by atoms with Crippen LogP contribution in [0.1, 0.15) is 15.9 Å². The number of hydrogen-bond acceptors (Lipinski definition) is 3. The molecule has 1 aromatic carbocycles. The van der Waals surface area contributed by atoms with Gasteiger partial charge in [0.2, 0.25) is 0 Å². The highest BCUT2D eigenvalue weighted by molar-refractivity contribution is 5.97. The Morgan fingerprint density at radius 3 is 2.50 bits per heavy atom. The molecule has 80 valence electrons. The minimum atomic E-state index is -0.304. The molecule has 0 radical (unpaired) electrons. The normalized spacial score (nSPS) is 10.1. The van der Waals surface area contributed by atoms with Crippen molar-refractivity contribution in [2.75, 3.05) is 0 Å². The molecule has 0 atom stereocenters. The molecule has 16 heavy (non-hydrogen) atoms. The Labute approximate surface area is 92.0 Å². The van der Waals surface area contributed by atoms with Crippen molar-refractivity contribution in [1.82, 2.24) is 10.2 Å². The maximum atomic E-state index is 12.6. The number of carbonyl (C=O) groups excluding carboxylic acids is 1. The smallest absolute Gasteiger partial charge is 0.168 e. The van der Waals surface area contributed by atoms with Crippen molar-refractivity contribution >= 4 is 5.78 Å². The molecule has 0 saturated heterocycles. The predicted octanol–water partition coefficient (Wildman–Crippen LogP) is 2.04. The van der Waals surface area contributed by atoms with Gasteiger partial charge in [-0.2, -0.15) is 10.2 Å². The van der Waals surface area contributed by atoms with E-state index in [9.17, 15) is 9.18 Å². The number of hydrogen-bond donors (Lipinski definition) is 0. The van der Waals surface area contributed by atoms with Gasteiger partial charge in [-0.25, -0.2) is 4.39 Å². The highest BCUT2D eigenvalue weighted by Gasteiger charge is 2.06. The van der Waals surface area contributed by atoms with Gasteiger partial charge in [0.25, 0.3) is 0 Å². The number of rotatable bonds is 3. The van der Waals surface area contributed by atoms with E-state index in [0.717, 1.165) is 5.56 Å². The lowest BCUT2D eigenvalue weighted by Crippen LogP contribution is -2.04. The number of carbonyl (C=O) groups is 1. The van der Waals surface area contributed by atoms with Crippen molar-refractivity contribution < 1.29 is 9.18 Å². The molecule has 0 aliphatic rings. The second-order valence-corrected chi connectivity index (χ2v) is 3.36. The van der Waals surface area contributed by atoms with Crippen LogP contribution in [0, 0.1) is 5.82 Å². The predicted molar refractivity (Wildman–Crippen MR) is 56.5 cm³/mol. The Morgan fingerprint density at radius 2 is 1.88 bits per heavy atom. The van der Waals surface area contributed by atoms with Gasteiger partial charge in [-0.05, 0) is 23.8 Å². The van der Waals surface area contributed by atoms with Gasteiger partial charge < -0.3 is 0 Å². The van der Waals surface area contributed by atoms with Gasteiger partial charge in [-0.15, -0.1) is 0 Å². The van der Waals surface area contributed by atoms with Crippen LogP contribution >= 0.6 is 0 Å². The molecule has 0 fully saturated rings. The monoisotopic (exact) mass is 216 g/mol.